The van der Waals surface area contributed by atoms with Crippen molar-refractivity contribution in [3.8, 4) is 0 Å². The third kappa shape index (κ3) is 2.76. The smallest absolute Gasteiger partial charge is 0.110 e. The Kier molecular flexibility index (Phi) is 4.02. The molecule has 0 saturated carbocycles. The fourth-order valence-corrected chi connectivity index (χ4v) is 1.56. The van der Waals surface area contributed by atoms with Gasteiger partial charge in [0, 0.05) is 0 Å². The molecule has 0 bridgehead atoms. The van der Waals surface area contributed by atoms with E-state index in [9.17, 15) is 5.11 Å². The molecule has 0 aromatic heterocycles. The van der Waals surface area contributed by atoms with E-state index in [4.69, 9.17) is 4.74 Å². The molecule has 1 saturated heterocycles. The number of aliphatic hydroxyl groups is 1. The van der Waals surface area contributed by atoms with Crippen molar-refractivity contribution in [1.82, 2.24) is 0 Å². The molecule has 0 spiro atoms. The Labute approximate surface area is 74.9 Å². The van der Waals surface area contributed by atoms with Crippen LogP contribution in [0, 0.1) is 0 Å². The van der Waals surface area contributed by atoms with Crippen molar-refractivity contribution in [2.24, 2.45) is 0 Å². The Balaban J connectivity index is 2.00. The van der Waals surface area contributed by atoms with Gasteiger partial charge >= 0.3 is 0 Å². The summed E-state index contributed by atoms with van der Waals surface area (Å²) in [6, 6.07) is 0. The largest absolute Gasteiger partial charge is 0.390 e. The molecule has 2 nitrogen and oxygen atoms in total. The van der Waals surface area contributed by atoms with E-state index in [0.29, 0.717) is 6.10 Å². The minimum atomic E-state index is -0.225. The highest BCUT2D eigenvalue weighted by Gasteiger charge is 2.42. The normalized spacial score (nSPS) is 30.2. The molecule has 1 aliphatic heterocycles. The first-order chi connectivity index (χ1) is 5.79. The van der Waals surface area contributed by atoms with Crippen LogP contribution < -0.4 is 0 Å². The van der Waals surface area contributed by atoms with Gasteiger partial charge in [-0.3, -0.25) is 0 Å². The highest BCUT2D eigenvalue weighted by molar-refractivity contribution is 4.89. The van der Waals surface area contributed by atoms with Crippen molar-refractivity contribution in [1.29, 1.82) is 0 Å². The Morgan fingerprint density at radius 1 is 1.33 bits per heavy atom. The zero-order valence-corrected chi connectivity index (χ0v) is 8.12. The molecular weight excluding hydrogens is 152 g/mol. The van der Waals surface area contributed by atoms with Gasteiger partial charge in [-0.2, -0.15) is 0 Å². The van der Waals surface area contributed by atoms with Crippen molar-refractivity contribution in [2.45, 2.75) is 64.3 Å². The summed E-state index contributed by atoms with van der Waals surface area (Å²) in [6.07, 6.45) is 6.04. The Morgan fingerprint density at radius 3 is 2.67 bits per heavy atom. The van der Waals surface area contributed by atoms with Gasteiger partial charge in [0.2, 0.25) is 0 Å². The molecule has 2 heteroatoms. The summed E-state index contributed by atoms with van der Waals surface area (Å²) in [5, 5.41) is 9.40. The molecule has 3 atom stereocenters. The fraction of sp³-hybridized carbons (Fsp3) is 1.00. The minimum absolute atomic E-state index is 0.159. The SMILES string of the molecule is CCCCC[C@H]1O[C@H]1[C@H](O)CC. The highest BCUT2D eigenvalue weighted by Crippen LogP contribution is 2.31. The second-order valence-electron chi connectivity index (χ2n) is 3.61. The first-order valence-corrected chi connectivity index (χ1v) is 5.13. The summed E-state index contributed by atoms with van der Waals surface area (Å²) in [5.41, 5.74) is 0. The quantitative estimate of drug-likeness (QED) is 0.491. The van der Waals surface area contributed by atoms with Crippen LogP contribution in [0.3, 0.4) is 0 Å². The molecule has 1 N–H and O–H groups in total. The number of aliphatic hydroxyl groups excluding tert-OH is 1. The maximum Gasteiger partial charge on any atom is 0.110 e. The van der Waals surface area contributed by atoms with E-state index in [2.05, 4.69) is 6.92 Å². The average Bonchev–Trinajstić information content (AvgIpc) is 2.83. The van der Waals surface area contributed by atoms with Crippen LogP contribution in [0.5, 0.6) is 0 Å². The van der Waals surface area contributed by atoms with E-state index < -0.39 is 0 Å². The summed E-state index contributed by atoms with van der Waals surface area (Å²) in [5.74, 6) is 0. The lowest BCUT2D eigenvalue weighted by Crippen LogP contribution is -2.15. The van der Waals surface area contributed by atoms with Crippen LogP contribution in [0.1, 0.15) is 46.0 Å². The van der Waals surface area contributed by atoms with Gasteiger partial charge in [0.1, 0.15) is 6.10 Å². The van der Waals surface area contributed by atoms with E-state index in [1.165, 1.54) is 19.3 Å². The first-order valence-electron chi connectivity index (χ1n) is 5.13. The molecule has 1 heterocycles. The lowest BCUT2D eigenvalue weighted by atomic mass is 10.1. The van der Waals surface area contributed by atoms with Gasteiger partial charge in [0.15, 0.2) is 0 Å². The van der Waals surface area contributed by atoms with E-state index in [1.54, 1.807) is 0 Å². The minimum Gasteiger partial charge on any atom is -0.390 e. The van der Waals surface area contributed by atoms with Crippen molar-refractivity contribution < 1.29 is 9.84 Å². The number of epoxide rings is 1. The van der Waals surface area contributed by atoms with E-state index in [0.717, 1.165) is 12.8 Å². The summed E-state index contributed by atoms with van der Waals surface area (Å²) >= 11 is 0. The van der Waals surface area contributed by atoms with Gasteiger partial charge < -0.3 is 9.84 Å². The molecule has 72 valence electrons. The van der Waals surface area contributed by atoms with Crippen LogP contribution in [0.25, 0.3) is 0 Å². The summed E-state index contributed by atoms with van der Waals surface area (Å²) < 4.78 is 5.37. The van der Waals surface area contributed by atoms with Crippen LogP contribution >= 0.6 is 0 Å². The molecule has 0 unspecified atom stereocenters. The van der Waals surface area contributed by atoms with Gasteiger partial charge in [-0.15, -0.1) is 0 Å². The maximum absolute atomic E-state index is 9.40. The zero-order chi connectivity index (χ0) is 8.97. The predicted molar refractivity (Wildman–Crippen MR) is 49.1 cm³/mol. The molecule has 0 aromatic rings. The molecule has 0 aliphatic carbocycles. The third-order valence-electron chi connectivity index (χ3n) is 2.51. The number of ether oxygens (including phenoxy) is 1. The van der Waals surface area contributed by atoms with Gasteiger partial charge in [-0.1, -0.05) is 33.1 Å². The first kappa shape index (κ1) is 10.0. The van der Waals surface area contributed by atoms with Crippen LogP contribution in [0.4, 0.5) is 0 Å². The maximum atomic E-state index is 9.40. The molecule has 0 aromatic carbocycles. The Morgan fingerprint density at radius 2 is 2.08 bits per heavy atom. The van der Waals surface area contributed by atoms with Crippen molar-refractivity contribution >= 4 is 0 Å². The second kappa shape index (κ2) is 4.83. The van der Waals surface area contributed by atoms with Gasteiger partial charge in [-0.05, 0) is 12.8 Å². The fourth-order valence-electron chi connectivity index (χ4n) is 1.56. The molecule has 0 radical (unpaired) electrons. The van der Waals surface area contributed by atoms with E-state index >= 15 is 0 Å². The molecule has 0 amide bonds. The topological polar surface area (TPSA) is 32.8 Å². The van der Waals surface area contributed by atoms with Crippen LogP contribution in [-0.4, -0.2) is 23.4 Å². The van der Waals surface area contributed by atoms with Gasteiger partial charge in [-0.25, -0.2) is 0 Å². The third-order valence-corrected chi connectivity index (χ3v) is 2.51. The molecule has 12 heavy (non-hydrogen) atoms. The molecular formula is C10H20O2. The lowest BCUT2D eigenvalue weighted by molar-refractivity contribution is 0.131. The number of unbranched alkanes of at least 4 members (excludes halogenated alkanes) is 2. The van der Waals surface area contributed by atoms with Crippen LogP contribution in [-0.2, 0) is 4.74 Å². The summed E-state index contributed by atoms with van der Waals surface area (Å²) in [4.78, 5) is 0. The van der Waals surface area contributed by atoms with Crippen molar-refractivity contribution in [3.05, 3.63) is 0 Å². The average molecular weight is 172 g/mol. The second-order valence-corrected chi connectivity index (χ2v) is 3.61. The molecule has 1 fully saturated rings. The monoisotopic (exact) mass is 172 g/mol. The van der Waals surface area contributed by atoms with Crippen molar-refractivity contribution in [2.75, 3.05) is 0 Å². The standard InChI is InChI=1S/C10H20O2/c1-3-5-6-7-9-10(12-9)8(11)4-2/h8-11H,3-7H2,1-2H3/t8-,9-,10+/m1/s1. The van der Waals surface area contributed by atoms with Gasteiger partial charge in [0.25, 0.3) is 0 Å². The molecule has 1 rings (SSSR count). The summed E-state index contributed by atoms with van der Waals surface area (Å²) in [6.45, 7) is 4.20. The number of rotatable bonds is 6. The van der Waals surface area contributed by atoms with E-state index in [-0.39, 0.29) is 12.2 Å². The Bertz CT molecular complexity index is 125. The predicted octanol–water partition coefficient (Wildman–Crippen LogP) is 2.10. The number of hydrogen-bond donors (Lipinski definition) is 1. The molecule has 1 aliphatic rings. The Hall–Kier alpha value is -0.0800. The van der Waals surface area contributed by atoms with Crippen LogP contribution in [0.15, 0.2) is 0 Å². The van der Waals surface area contributed by atoms with Gasteiger partial charge in [0.05, 0.1) is 12.2 Å². The highest BCUT2D eigenvalue weighted by atomic mass is 16.6. The lowest BCUT2D eigenvalue weighted by Gasteiger charge is -2.01. The van der Waals surface area contributed by atoms with Crippen LogP contribution in [0.2, 0.25) is 0 Å². The zero-order valence-electron chi connectivity index (χ0n) is 8.12. The number of hydrogen-bond acceptors (Lipinski definition) is 2. The van der Waals surface area contributed by atoms with Crippen molar-refractivity contribution in [3.63, 3.8) is 0 Å². The van der Waals surface area contributed by atoms with E-state index in [1.807, 2.05) is 6.92 Å². The summed E-state index contributed by atoms with van der Waals surface area (Å²) in [7, 11) is 0.